The topological polar surface area (TPSA) is 33.1 Å². The molecule has 2 nitrogen and oxygen atoms in total. The zero-order valence-corrected chi connectivity index (χ0v) is 10.4. The maximum Gasteiger partial charge on any atom is 0.419 e. The Kier molecular flexibility index (Phi) is 3.76. The second-order valence-corrected chi connectivity index (χ2v) is 4.32. The van der Waals surface area contributed by atoms with Gasteiger partial charge in [-0.3, -0.25) is 4.98 Å². The lowest BCUT2D eigenvalue weighted by Gasteiger charge is -2.11. The Balaban J connectivity index is 2.51. The van der Waals surface area contributed by atoms with E-state index in [4.69, 9.17) is 0 Å². The standard InChI is InChI=1S/C14H11F4NO/c1-8(20)12-3-2-4-13(19-12)9-5-6-11(15)10(7-9)14(16,17)18/h2-8,20H,1H3/t8-/m0/s1. The molecule has 1 heterocycles. The number of pyridine rings is 1. The summed E-state index contributed by atoms with van der Waals surface area (Å²) in [5.74, 6) is -1.33. The number of aromatic nitrogens is 1. The van der Waals surface area contributed by atoms with E-state index in [-0.39, 0.29) is 11.3 Å². The van der Waals surface area contributed by atoms with Crippen LogP contribution in [0.5, 0.6) is 0 Å². The molecule has 20 heavy (non-hydrogen) atoms. The molecule has 2 aromatic rings. The van der Waals surface area contributed by atoms with Crippen molar-refractivity contribution < 1.29 is 22.7 Å². The van der Waals surface area contributed by atoms with Gasteiger partial charge >= 0.3 is 6.18 Å². The molecule has 106 valence electrons. The number of nitrogens with zero attached hydrogens (tertiary/aromatic N) is 1. The molecule has 0 amide bonds. The molecule has 0 aliphatic heterocycles. The molecule has 0 saturated carbocycles. The third-order valence-electron chi connectivity index (χ3n) is 2.77. The van der Waals surface area contributed by atoms with Crippen molar-refractivity contribution in [2.24, 2.45) is 0 Å². The molecule has 1 N–H and O–H groups in total. The maximum absolute atomic E-state index is 13.2. The van der Waals surface area contributed by atoms with Crippen LogP contribution in [0.3, 0.4) is 0 Å². The lowest BCUT2D eigenvalue weighted by molar-refractivity contribution is -0.139. The molecule has 6 heteroatoms. The van der Waals surface area contributed by atoms with E-state index in [1.54, 1.807) is 12.1 Å². The van der Waals surface area contributed by atoms with Crippen LogP contribution in [0.2, 0.25) is 0 Å². The summed E-state index contributed by atoms with van der Waals surface area (Å²) in [7, 11) is 0. The van der Waals surface area contributed by atoms with Crippen LogP contribution in [0.4, 0.5) is 17.6 Å². The minimum atomic E-state index is -4.76. The fourth-order valence-corrected chi connectivity index (χ4v) is 1.75. The van der Waals surface area contributed by atoms with Crippen molar-refractivity contribution in [1.82, 2.24) is 4.98 Å². The largest absolute Gasteiger partial charge is 0.419 e. The molecule has 0 fully saturated rings. The van der Waals surface area contributed by atoms with Gasteiger partial charge in [-0.1, -0.05) is 6.07 Å². The van der Waals surface area contributed by atoms with Crippen molar-refractivity contribution in [3.8, 4) is 11.3 Å². The number of benzene rings is 1. The number of hydrogen-bond donors (Lipinski definition) is 1. The molecule has 1 aromatic carbocycles. The van der Waals surface area contributed by atoms with Gasteiger partial charge in [0.25, 0.3) is 0 Å². The van der Waals surface area contributed by atoms with Gasteiger partial charge in [0.1, 0.15) is 5.82 Å². The molecule has 0 aliphatic carbocycles. The Hall–Kier alpha value is -1.95. The van der Waals surface area contributed by atoms with E-state index in [2.05, 4.69) is 4.98 Å². The number of aliphatic hydroxyl groups is 1. The van der Waals surface area contributed by atoms with Gasteiger partial charge in [0, 0.05) is 5.56 Å². The highest BCUT2D eigenvalue weighted by atomic mass is 19.4. The van der Waals surface area contributed by atoms with Gasteiger partial charge in [-0.15, -0.1) is 0 Å². The van der Waals surface area contributed by atoms with Crippen molar-refractivity contribution in [3.05, 3.63) is 53.5 Å². The fraction of sp³-hybridized carbons (Fsp3) is 0.214. The van der Waals surface area contributed by atoms with Crippen LogP contribution in [-0.2, 0) is 6.18 Å². The summed E-state index contributed by atoms with van der Waals surface area (Å²) in [5, 5.41) is 9.42. The van der Waals surface area contributed by atoms with E-state index in [0.717, 1.165) is 6.07 Å². The minimum Gasteiger partial charge on any atom is -0.387 e. The first kappa shape index (κ1) is 14.5. The van der Waals surface area contributed by atoms with E-state index in [1.807, 2.05) is 0 Å². The SMILES string of the molecule is C[C@H](O)c1cccc(-c2ccc(F)c(C(F)(F)F)c2)n1. The van der Waals surface area contributed by atoms with E-state index in [9.17, 15) is 22.7 Å². The first-order chi connectivity index (χ1) is 9.29. The van der Waals surface area contributed by atoms with Crippen LogP contribution in [0.25, 0.3) is 11.3 Å². The first-order valence-corrected chi connectivity index (χ1v) is 5.81. The third-order valence-corrected chi connectivity index (χ3v) is 2.77. The highest BCUT2D eigenvalue weighted by Crippen LogP contribution is 2.34. The zero-order chi connectivity index (χ0) is 14.9. The molecular weight excluding hydrogens is 274 g/mol. The Morgan fingerprint density at radius 2 is 1.85 bits per heavy atom. The van der Waals surface area contributed by atoms with E-state index < -0.39 is 23.7 Å². The van der Waals surface area contributed by atoms with E-state index in [0.29, 0.717) is 11.8 Å². The molecule has 1 aromatic heterocycles. The van der Waals surface area contributed by atoms with Crippen LogP contribution in [0, 0.1) is 5.82 Å². The van der Waals surface area contributed by atoms with E-state index in [1.165, 1.54) is 19.1 Å². The predicted molar refractivity (Wildman–Crippen MR) is 65.3 cm³/mol. The van der Waals surface area contributed by atoms with Gasteiger partial charge in [-0.2, -0.15) is 13.2 Å². The summed E-state index contributed by atoms with van der Waals surface area (Å²) in [5.41, 5.74) is -0.616. The Labute approximate surface area is 112 Å². The van der Waals surface area contributed by atoms with Crippen molar-refractivity contribution in [3.63, 3.8) is 0 Å². The molecule has 0 unspecified atom stereocenters. The lowest BCUT2D eigenvalue weighted by atomic mass is 10.1. The van der Waals surface area contributed by atoms with Gasteiger partial charge in [0.15, 0.2) is 0 Å². The van der Waals surface area contributed by atoms with Gasteiger partial charge in [-0.25, -0.2) is 4.39 Å². The van der Waals surface area contributed by atoms with Crippen LogP contribution >= 0.6 is 0 Å². The molecule has 0 bridgehead atoms. The van der Waals surface area contributed by atoms with Crippen LogP contribution < -0.4 is 0 Å². The average Bonchev–Trinajstić information content (AvgIpc) is 2.38. The van der Waals surface area contributed by atoms with Crippen LogP contribution in [0.1, 0.15) is 24.3 Å². The normalized spacial score (nSPS) is 13.3. The molecule has 0 saturated heterocycles. The van der Waals surface area contributed by atoms with Gasteiger partial charge in [0.05, 0.1) is 23.1 Å². The summed E-state index contributed by atoms with van der Waals surface area (Å²) in [6.07, 6.45) is -5.60. The number of halogens is 4. The molecule has 0 radical (unpaired) electrons. The Morgan fingerprint density at radius 1 is 1.15 bits per heavy atom. The smallest absolute Gasteiger partial charge is 0.387 e. The maximum atomic E-state index is 13.2. The monoisotopic (exact) mass is 285 g/mol. The molecule has 1 atom stereocenters. The number of hydrogen-bond acceptors (Lipinski definition) is 2. The molecule has 0 aliphatic rings. The van der Waals surface area contributed by atoms with Crippen molar-refractivity contribution in [1.29, 1.82) is 0 Å². The quantitative estimate of drug-likeness (QED) is 0.847. The number of rotatable bonds is 2. The highest BCUT2D eigenvalue weighted by molar-refractivity contribution is 5.60. The summed E-state index contributed by atoms with van der Waals surface area (Å²) < 4.78 is 51.2. The summed E-state index contributed by atoms with van der Waals surface area (Å²) in [6.45, 7) is 1.50. The lowest BCUT2D eigenvalue weighted by Crippen LogP contribution is -2.08. The van der Waals surface area contributed by atoms with Crippen LogP contribution in [0.15, 0.2) is 36.4 Å². The van der Waals surface area contributed by atoms with E-state index >= 15 is 0 Å². The zero-order valence-electron chi connectivity index (χ0n) is 10.4. The second-order valence-electron chi connectivity index (χ2n) is 4.32. The minimum absolute atomic E-state index is 0.140. The van der Waals surface area contributed by atoms with Gasteiger partial charge < -0.3 is 5.11 Å². The fourth-order valence-electron chi connectivity index (χ4n) is 1.75. The number of alkyl halides is 3. The molecule has 0 spiro atoms. The highest BCUT2D eigenvalue weighted by Gasteiger charge is 2.34. The average molecular weight is 285 g/mol. The predicted octanol–water partition coefficient (Wildman–Crippen LogP) is 3.96. The summed E-state index contributed by atoms with van der Waals surface area (Å²) in [4.78, 5) is 4.06. The van der Waals surface area contributed by atoms with Crippen molar-refractivity contribution >= 4 is 0 Å². The Bertz CT molecular complexity index is 623. The summed E-state index contributed by atoms with van der Waals surface area (Å²) in [6, 6.07) is 7.32. The number of aliphatic hydroxyl groups excluding tert-OH is 1. The van der Waals surface area contributed by atoms with Crippen molar-refractivity contribution in [2.45, 2.75) is 19.2 Å². The van der Waals surface area contributed by atoms with Gasteiger partial charge in [-0.05, 0) is 37.3 Å². The van der Waals surface area contributed by atoms with Crippen molar-refractivity contribution in [2.75, 3.05) is 0 Å². The summed E-state index contributed by atoms with van der Waals surface area (Å²) >= 11 is 0. The molecule has 2 rings (SSSR count). The van der Waals surface area contributed by atoms with Gasteiger partial charge in [0.2, 0.25) is 0 Å². The second kappa shape index (κ2) is 5.20. The molecular formula is C14H11F4NO. The third kappa shape index (κ3) is 2.96. The first-order valence-electron chi connectivity index (χ1n) is 5.81. The Morgan fingerprint density at radius 3 is 2.45 bits per heavy atom. The van der Waals surface area contributed by atoms with Crippen LogP contribution in [-0.4, -0.2) is 10.1 Å².